The molecule has 0 bridgehead atoms. The van der Waals surface area contributed by atoms with Gasteiger partial charge in [0.25, 0.3) is 0 Å². The number of benzene rings is 10. The van der Waals surface area contributed by atoms with E-state index in [1.54, 1.807) is 22.7 Å². The lowest BCUT2D eigenvalue weighted by Crippen LogP contribution is -1.93. The number of rotatable bonds is 4. The number of para-hydroxylation sites is 2. The number of aromatic nitrogens is 4. The Morgan fingerprint density at radius 2 is 0.577 bits per heavy atom. The average molecular weight is 1070 g/mol. The molecule has 0 radical (unpaired) electrons. The van der Waals surface area contributed by atoms with Crippen LogP contribution in [0.4, 0.5) is 0 Å². The molecule has 0 aliphatic heterocycles. The van der Waals surface area contributed by atoms with Crippen molar-refractivity contribution >= 4 is 170 Å². The standard InChI is InChI=1S/C34H18N2O2S.C34H18N2S3/c1-4-10-26-21(7-1)23-15-13-19(17-28(23)37-26)31-33-32(25-9-3-6-12-30(25)39-33)36-34(35-31)20-14-16-24-22-8-2-5-11-27(22)38-29(24)18-20;1-4-10-26-21(7-1)23-15-13-19(17-29(23)37-26)31-33-32(25-9-3-6-12-28(25)39-33)36-34(35-31)20-14-16-24-22-8-2-5-11-27(22)38-30(24)18-20/h2*1-18H. The molecule has 18 aromatic rings. The fraction of sp³-hybridized carbons (Fsp3) is 0. The third-order valence-electron chi connectivity index (χ3n) is 15.0. The summed E-state index contributed by atoms with van der Waals surface area (Å²) in [5, 5.41) is 12.0. The molecule has 0 aliphatic carbocycles. The summed E-state index contributed by atoms with van der Waals surface area (Å²) in [6.45, 7) is 0. The molecule has 10 heteroatoms. The van der Waals surface area contributed by atoms with Gasteiger partial charge in [-0.25, -0.2) is 19.9 Å². The van der Waals surface area contributed by atoms with Crippen LogP contribution >= 0.6 is 45.3 Å². The van der Waals surface area contributed by atoms with Crippen molar-refractivity contribution in [2.24, 2.45) is 0 Å². The van der Waals surface area contributed by atoms with Gasteiger partial charge in [0.1, 0.15) is 22.3 Å². The van der Waals surface area contributed by atoms with Crippen LogP contribution in [0.1, 0.15) is 0 Å². The van der Waals surface area contributed by atoms with Crippen LogP contribution in [0.15, 0.2) is 227 Å². The van der Waals surface area contributed by atoms with E-state index in [1.165, 1.54) is 55.1 Å². The third kappa shape index (κ3) is 6.91. The van der Waals surface area contributed by atoms with Crippen LogP contribution in [0.2, 0.25) is 0 Å². The fourth-order valence-electron chi connectivity index (χ4n) is 11.3. The van der Waals surface area contributed by atoms with E-state index in [1.807, 2.05) is 59.1 Å². The third-order valence-corrected chi connectivity index (χ3v) is 19.6. The number of hydrogen-bond acceptors (Lipinski definition) is 10. The lowest BCUT2D eigenvalue weighted by atomic mass is 10.1. The SMILES string of the molecule is c1ccc2c(c1)oc1cc(-c3nc(-c4ccc5c(c4)oc4ccccc45)c4sc5ccccc5c4n3)ccc12.c1ccc2c(c1)sc1cc(-c3nc(-c4ccc5c(c4)sc4ccccc45)c4sc5ccccc5c4n3)ccc12. The first-order chi connectivity index (χ1) is 38.6. The van der Waals surface area contributed by atoms with E-state index in [-0.39, 0.29) is 0 Å². The molecule has 0 aliphatic rings. The van der Waals surface area contributed by atoms with Gasteiger partial charge >= 0.3 is 0 Å². The first-order valence-electron chi connectivity index (χ1n) is 25.7. The van der Waals surface area contributed by atoms with E-state index in [2.05, 4.69) is 182 Å². The summed E-state index contributed by atoms with van der Waals surface area (Å²) in [6, 6.07) is 76.6. The Morgan fingerprint density at radius 1 is 0.244 bits per heavy atom. The number of thiophene rings is 4. The Bertz CT molecular complexity index is 5160. The molecule has 0 saturated heterocycles. The molecule has 0 spiro atoms. The Labute approximate surface area is 459 Å². The molecule has 6 nitrogen and oxygen atoms in total. The monoisotopic (exact) mass is 1070 g/mol. The van der Waals surface area contributed by atoms with Crippen LogP contribution < -0.4 is 0 Å². The number of hydrogen-bond donors (Lipinski definition) is 0. The summed E-state index contributed by atoms with van der Waals surface area (Å²) in [7, 11) is 0. The highest BCUT2D eigenvalue weighted by Gasteiger charge is 2.21. The van der Waals surface area contributed by atoms with E-state index in [0.29, 0.717) is 5.82 Å². The zero-order chi connectivity index (χ0) is 51.0. The fourth-order valence-corrected chi connectivity index (χ4v) is 15.9. The average Bonchev–Trinajstić information content (AvgIpc) is 4.42. The topological polar surface area (TPSA) is 77.8 Å². The minimum atomic E-state index is 0.674. The van der Waals surface area contributed by atoms with Crippen molar-refractivity contribution in [2.45, 2.75) is 0 Å². The van der Waals surface area contributed by atoms with Gasteiger partial charge in [-0.3, -0.25) is 0 Å². The maximum absolute atomic E-state index is 6.23. The van der Waals surface area contributed by atoms with E-state index >= 15 is 0 Å². The molecule has 78 heavy (non-hydrogen) atoms. The van der Waals surface area contributed by atoms with Crippen molar-refractivity contribution in [1.29, 1.82) is 0 Å². The van der Waals surface area contributed by atoms with Crippen LogP contribution in [0.5, 0.6) is 0 Å². The summed E-state index contributed by atoms with van der Waals surface area (Å²) in [6.07, 6.45) is 0. The van der Waals surface area contributed by atoms with E-state index in [9.17, 15) is 0 Å². The Kier molecular flexibility index (Phi) is 9.69. The van der Waals surface area contributed by atoms with Gasteiger partial charge in [-0.1, -0.05) is 146 Å². The molecule has 0 fully saturated rings. The summed E-state index contributed by atoms with van der Waals surface area (Å²) in [4.78, 5) is 20.7. The van der Waals surface area contributed by atoms with E-state index in [0.717, 1.165) is 109 Å². The number of fused-ring (bicyclic) bond motifs is 18. The van der Waals surface area contributed by atoms with Crippen molar-refractivity contribution in [2.75, 3.05) is 0 Å². The molecule has 0 N–H and O–H groups in total. The molecular weight excluding hydrogens is 1030 g/mol. The highest BCUT2D eigenvalue weighted by atomic mass is 32.1. The van der Waals surface area contributed by atoms with Crippen molar-refractivity contribution < 1.29 is 8.83 Å². The second kappa shape index (κ2) is 17.2. The van der Waals surface area contributed by atoms with Gasteiger partial charge in [-0.05, 0) is 72.8 Å². The van der Waals surface area contributed by atoms with E-state index in [4.69, 9.17) is 28.8 Å². The van der Waals surface area contributed by atoms with Crippen LogP contribution in [-0.2, 0) is 0 Å². The van der Waals surface area contributed by atoms with Gasteiger partial charge < -0.3 is 8.83 Å². The molecule has 0 atom stereocenters. The largest absolute Gasteiger partial charge is 0.456 e. The van der Waals surface area contributed by atoms with Crippen LogP contribution in [-0.4, -0.2) is 19.9 Å². The van der Waals surface area contributed by atoms with Gasteiger partial charge in [0.2, 0.25) is 0 Å². The minimum absolute atomic E-state index is 0.674. The van der Waals surface area contributed by atoms with Gasteiger partial charge in [-0.15, -0.1) is 45.3 Å². The Balaban J connectivity index is 0.000000126. The maximum Gasteiger partial charge on any atom is 0.160 e. The normalized spacial score (nSPS) is 12.1. The van der Waals surface area contributed by atoms with Crippen molar-refractivity contribution in [1.82, 2.24) is 19.9 Å². The second-order valence-corrected chi connectivity index (χ2v) is 23.9. The molecule has 0 unspecified atom stereocenters. The van der Waals surface area contributed by atoms with Crippen LogP contribution in [0, 0.1) is 0 Å². The summed E-state index contributed by atoms with van der Waals surface area (Å²) >= 11 is 7.19. The zero-order valence-corrected chi connectivity index (χ0v) is 44.3. The smallest absolute Gasteiger partial charge is 0.160 e. The van der Waals surface area contributed by atoms with Crippen LogP contribution in [0.3, 0.4) is 0 Å². The van der Waals surface area contributed by atoms with Gasteiger partial charge in [-0.2, -0.15) is 0 Å². The predicted molar refractivity (Wildman–Crippen MR) is 332 cm³/mol. The molecule has 18 rings (SSSR count). The van der Waals surface area contributed by atoms with E-state index < -0.39 is 0 Å². The molecule has 364 valence electrons. The van der Waals surface area contributed by atoms with Gasteiger partial charge in [0, 0.05) is 104 Å². The molecule has 10 aromatic carbocycles. The minimum Gasteiger partial charge on any atom is -0.456 e. The first-order valence-corrected chi connectivity index (χ1v) is 28.9. The zero-order valence-electron chi connectivity index (χ0n) is 41.0. The number of furan rings is 2. The van der Waals surface area contributed by atoms with Crippen LogP contribution in [0.25, 0.3) is 170 Å². The first kappa shape index (κ1) is 44.0. The van der Waals surface area contributed by atoms with Crippen molar-refractivity contribution in [3.05, 3.63) is 218 Å². The molecule has 8 aromatic heterocycles. The maximum atomic E-state index is 6.23. The Morgan fingerprint density at radius 3 is 1.08 bits per heavy atom. The molecule has 0 saturated carbocycles. The predicted octanol–water partition coefficient (Wildman–Crippen LogP) is 20.9. The van der Waals surface area contributed by atoms with Crippen molar-refractivity contribution in [3.63, 3.8) is 0 Å². The molecule has 8 heterocycles. The quantitative estimate of drug-likeness (QED) is 0.175. The van der Waals surface area contributed by atoms with Crippen molar-refractivity contribution in [3.8, 4) is 45.3 Å². The summed E-state index contributed by atoms with van der Waals surface area (Å²) < 4.78 is 22.2. The Hall–Kier alpha value is -9.16. The molecule has 0 amide bonds. The number of nitrogens with zero attached hydrogens (tertiary/aromatic N) is 4. The summed E-state index contributed by atoms with van der Waals surface area (Å²) in [5.74, 6) is 1.45. The highest BCUT2D eigenvalue weighted by Crippen LogP contribution is 2.45. The molecular formula is C68H36N4O2S4. The summed E-state index contributed by atoms with van der Waals surface area (Å²) in [5.41, 5.74) is 11.5. The lowest BCUT2D eigenvalue weighted by Gasteiger charge is -2.08. The highest BCUT2D eigenvalue weighted by molar-refractivity contribution is 7.27. The van der Waals surface area contributed by atoms with Gasteiger partial charge in [0.05, 0.1) is 31.8 Å². The van der Waals surface area contributed by atoms with Gasteiger partial charge in [0.15, 0.2) is 11.6 Å². The second-order valence-electron chi connectivity index (χ2n) is 19.6. The lowest BCUT2D eigenvalue weighted by molar-refractivity contribution is 0.668.